The minimum atomic E-state index is -0.825. The predicted molar refractivity (Wildman–Crippen MR) is 109 cm³/mol. The van der Waals surface area contributed by atoms with Crippen LogP contribution in [-0.4, -0.2) is 32.8 Å². The molecule has 0 fully saturated rings. The second-order valence-corrected chi connectivity index (χ2v) is 7.09. The van der Waals surface area contributed by atoms with E-state index in [0.717, 1.165) is 5.56 Å². The molecule has 0 unspecified atom stereocenters. The highest BCUT2D eigenvalue weighted by molar-refractivity contribution is 6.30. The molecular weight excluding hydrogens is 406 g/mol. The number of hydrogen-bond donors (Lipinski definition) is 1. The van der Waals surface area contributed by atoms with Crippen LogP contribution in [0, 0.1) is 0 Å². The highest BCUT2D eigenvalue weighted by atomic mass is 35.5. The number of nitrogens with one attached hydrogen (secondary N) is 1. The van der Waals surface area contributed by atoms with Crippen LogP contribution in [0.15, 0.2) is 66.7 Å². The van der Waals surface area contributed by atoms with Crippen molar-refractivity contribution < 1.29 is 19.2 Å². The van der Waals surface area contributed by atoms with Crippen LogP contribution >= 0.6 is 11.6 Å². The first-order chi connectivity index (χ1) is 14.5. The first kappa shape index (κ1) is 18.1. The Kier molecular flexibility index (Phi) is 4.11. The molecule has 4 aromatic rings. The summed E-state index contributed by atoms with van der Waals surface area (Å²) in [4.78, 5) is 50.1. The Morgan fingerprint density at radius 1 is 0.933 bits per heavy atom. The lowest BCUT2D eigenvalue weighted by molar-refractivity contribution is -0.0584. The summed E-state index contributed by atoms with van der Waals surface area (Å²) in [5.74, 6) is -1.55. The Balaban J connectivity index is 1.41. The van der Waals surface area contributed by atoms with Gasteiger partial charge in [0.1, 0.15) is 5.82 Å². The SMILES string of the molecule is O=C(ON1C(=O)c2ccccc2C1=O)c1ccc2nc(-c3ccc(Cl)cc3)[nH]c2c1. The zero-order chi connectivity index (χ0) is 20.8. The van der Waals surface area contributed by atoms with Crippen LogP contribution in [0.2, 0.25) is 5.02 Å². The molecule has 3 aromatic carbocycles. The molecule has 0 saturated carbocycles. The number of rotatable bonds is 3. The summed E-state index contributed by atoms with van der Waals surface area (Å²) in [5.41, 5.74) is 2.67. The number of fused-ring (bicyclic) bond motifs is 2. The van der Waals surface area contributed by atoms with Gasteiger partial charge >= 0.3 is 5.97 Å². The second kappa shape index (κ2) is 6.82. The van der Waals surface area contributed by atoms with Gasteiger partial charge in [-0.05, 0) is 54.6 Å². The van der Waals surface area contributed by atoms with Gasteiger partial charge in [-0.25, -0.2) is 9.78 Å². The van der Waals surface area contributed by atoms with Gasteiger partial charge < -0.3 is 9.82 Å². The summed E-state index contributed by atoms with van der Waals surface area (Å²) in [6, 6.07) is 18.2. The molecule has 0 radical (unpaired) electrons. The predicted octanol–water partition coefficient (Wildman–Crippen LogP) is 4.25. The fourth-order valence-corrected chi connectivity index (χ4v) is 3.39. The third kappa shape index (κ3) is 2.92. The molecule has 0 saturated heterocycles. The van der Waals surface area contributed by atoms with Gasteiger partial charge in [0, 0.05) is 10.6 Å². The summed E-state index contributed by atoms with van der Waals surface area (Å²) in [6.07, 6.45) is 0. The molecule has 1 N–H and O–H groups in total. The fourth-order valence-electron chi connectivity index (χ4n) is 3.27. The topological polar surface area (TPSA) is 92.4 Å². The number of imide groups is 1. The largest absolute Gasteiger partial charge is 0.364 e. The summed E-state index contributed by atoms with van der Waals surface area (Å²) >= 11 is 5.92. The van der Waals surface area contributed by atoms with Crippen molar-refractivity contribution in [1.82, 2.24) is 15.0 Å². The summed E-state index contributed by atoms with van der Waals surface area (Å²) in [7, 11) is 0. The van der Waals surface area contributed by atoms with Gasteiger partial charge in [-0.15, -0.1) is 0 Å². The lowest BCUT2D eigenvalue weighted by atomic mass is 10.1. The molecule has 2 amide bonds. The van der Waals surface area contributed by atoms with E-state index < -0.39 is 17.8 Å². The van der Waals surface area contributed by atoms with Gasteiger partial charge in [0.2, 0.25) is 0 Å². The minimum Gasteiger partial charge on any atom is -0.338 e. The van der Waals surface area contributed by atoms with E-state index in [9.17, 15) is 14.4 Å². The molecule has 1 aliphatic heterocycles. The van der Waals surface area contributed by atoms with Crippen molar-refractivity contribution in [3.8, 4) is 11.4 Å². The zero-order valence-electron chi connectivity index (χ0n) is 15.3. The van der Waals surface area contributed by atoms with Crippen molar-refractivity contribution >= 4 is 40.4 Å². The summed E-state index contributed by atoms with van der Waals surface area (Å²) < 4.78 is 0. The van der Waals surface area contributed by atoms with E-state index in [4.69, 9.17) is 16.4 Å². The Morgan fingerprint density at radius 3 is 2.27 bits per heavy atom. The first-order valence-electron chi connectivity index (χ1n) is 8.97. The van der Waals surface area contributed by atoms with Crippen LogP contribution in [-0.2, 0) is 4.84 Å². The fraction of sp³-hybridized carbons (Fsp3) is 0. The molecule has 30 heavy (non-hydrogen) atoms. The maximum absolute atomic E-state index is 12.6. The molecule has 7 nitrogen and oxygen atoms in total. The number of aromatic nitrogens is 2. The Labute approximate surface area is 174 Å². The Hall–Kier alpha value is -3.97. The van der Waals surface area contributed by atoms with E-state index in [2.05, 4.69) is 9.97 Å². The number of halogens is 1. The van der Waals surface area contributed by atoms with E-state index in [1.54, 1.807) is 36.4 Å². The van der Waals surface area contributed by atoms with Crippen molar-refractivity contribution in [3.63, 3.8) is 0 Å². The number of hydroxylamine groups is 2. The van der Waals surface area contributed by atoms with E-state index in [0.29, 0.717) is 26.9 Å². The summed E-state index contributed by atoms with van der Waals surface area (Å²) in [6.45, 7) is 0. The lowest BCUT2D eigenvalue weighted by Gasteiger charge is -2.12. The molecule has 0 spiro atoms. The number of H-pyrrole nitrogens is 1. The van der Waals surface area contributed by atoms with E-state index in [1.165, 1.54) is 18.2 Å². The highest BCUT2D eigenvalue weighted by Gasteiger charge is 2.38. The average molecular weight is 418 g/mol. The number of amides is 2. The van der Waals surface area contributed by atoms with E-state index in [1.807, 2.05) is 12.1 Å². The van der Waals surface area contributed by atoms with Crippen molar-refractivity contribution in [3.05, 3.63) is 88.4 Å². The third-order valence-corrected chi connectivity index (χ3v) is 5.02. The normalized spacial score (nSPS) is 13.0. The number of aromatic amines is 1. The van der Waals surface area contributed by atoms with E-state index in [-0.39, 0.29) is 16.7 Å². The number of benzene rings is 3. The van der Waals surface area contributed by atoms with Crippen LogP contribution < -0.4 is 0 Å². The number of hydrogen-bond acceptors (Lipinski definition) is 5. The van der Waals surface area contributed by atoms with Crippen LogP contribution in [0.4, 0.5) is 0 Å². The standard InChI is InChI=1S/C22H12ClN3O4/c23-14-8-5-12(6-9-14)19-24-17-10-7-13(11-18(17)25-19)22(29)30-26-20(27)15-3-1-2-4-16(15)21(26)28/h1-11H,(H,24,25). The van der Waals surface area contributed by atoms with Crippen LogP contribution in [0.1, 0.15) is 31.1 Å². The van der Waals surface area contributed by atoms with Crippen LogP contribution in [0.25, 0.3) is 22.4 Å². The minimum absolute atomic E-state index is 0.172. The third-order valence-electron chi connectivity index (χ3n) is 4.77. The Bertz CT molecular complexity index is 1310. The number of carbonyl (C=O) groups is 3. The first-order valence-corrected chi connectivity index (χ1v) is 9.35. The van der Waals surface area contributed by atoms with Crippen molar-refractivity contribution in [2.75, 3.05) is 0 Å². The van der Waals surface area contributed by atoms with Gasteiger partial charge in [-0.1, -0.05) is 28.8 Å². The van der Waals surface area contributed by atoms with Crippen molar-refractivity contribution in [1.29, 1.82) is 0 Å². The van der Waals surface area contributed by atoms with Crippen LogP contribution in [0.3, 0.4) is 0 Å². The molecular formula is C22H12ClN3O4. The van der Waals surface area contributed by atoms with Gasteiger partial charge in [-0.2, -0.15) is 0 Å². The Morgan fingerprint density at radius 2 is 1.60 bits per heavy atom. The molecule has 0 atom stereocenters. The number of carbonyl (C=O) groups excluding carboxylic acids is 3. The van der Waals surface area contributed by atoms with Gasteiger partial charge in [-0.3, -0.25) is 9.59 Å². The van der Waals surface area contributed by atoms with Crippen molar-refractivity contribution in [2.45, 2.75) is 0 Å². The molecule has 146 valence electrons. The van der Waals surface area contributed by atoms with Crippen molar-refractivity contribution in [2.24, 2.45) is 0 Å². The molecule has 0 bridgehead atoms. The average Bonchev–Trinajstić information content (AvgIpc) is 3.29. The molecule has 0 aliphatic carbocycles. The molecule has 8 heteroatoms. The maximum Gasteiger partial charge on any atom is 0.364 e. The molecule has 5 rings (SSSR count). The van der Waals surface area contributed by atoms with Gasteiger partial charge in [0.25, 0.3) is 11.8 Å². The van der Waals surface area contributed by atoms with Gasteiger partial charge in [0.05, 0.1) is 27.7 Å². The van der Waals surface area contributed by atoms with Crippen LogP contribution in [0.5, 0.6) is 0 Å². The zero-order valence-corrected chi connectivity index (χ0v) is 16.0. The maximum atomic E-state index is 12.6. The quantitative estimate of drug-likeness (QED) is 0.503. The smallest absolute Gasteiger partial charge is 0.338 e. The van der Waals surface area contributed by atoms with Gasteiger partial charge in [0.15, 0.2) is 0 Å². The van der Waals surface area contributed by atoms with E-state index >= 15 is 0 Å². The number of nitrogens with zero attached hydrogens (tertiary/aromatic N) is 2. The lowest BCUT2D eigenvalue weighted by Crippen LogP contribution is -2.32. The highest BCUT2D eigenvalue weighted by Crippen LogP contribution is 2.25. The number of imidazole rings is 1. The monoisotopic (exact) mass is 417 g/mol. The summed E-state index contributed by atoms with van der Waals surface area (Å²) in [5, 5.41) is 1.11. The molecule has 1 aromatic heterocycles. The molecule has 1 aliphatic rings. The molecule has 2 heterocycles. The second-order valence-electron chi connectivity index (χ2n) is 6.65.